The lowest BCUT2D eigenvalue weighted by atomic mass is 10.3. The zero-order chi connectivity index (χ0) is 15.4. The number of nitrogen functional groups attached to an aromatic ring is 1. The average molecular weight is 291 g/mol. The third kappa shape index (κ3) is 3.11. The molecule has 110 valence electrons. The Balaban J connectivity index is 2.45. The van der Waals surface area contributed by atoms with Crippen molar-refractivity contribution in [3.63, 3.8) is 0 Å². The number of hydrogen-bond donors (Lipinski definition) is 1. The Morgan fingerprint density at radius 2 is 1.81 bits per heavy atom. The Morgan fingerprint density at radius 1 is 1.19 bits per heavy atom. The number of nitrogens with zero attached hydrogens (tertiary/aromatic N) is 2. The van der Waals surface area contributed by atoms with Crippen molar-refractivity contribution in [1.82, 2.24) is 4.98 Å². The van der Waals surface area contributed by atoms with Crippen molar-refractivity contribution in [1.29, 1.82) is 0 Å². The molecule has 0 aliphatic carbocycles. The molecule has 0 fully saturated rings. The van der Waals surface area contributed by atoms with Crippen LogP contribution in [0, 0.1) is 10.1 Å². The molecule has 1 heterocycles. The van der Waals surface area contributed by atoms with Gasteiger partial charge in [0, 0.05) is 0 Å². The first-order chi connectivity index (χ1) is 10.0. The van der Waals surface area contributed by atoms with E-state index in [1.807, 2.05) is 0 Å². The zero-order valence-corrected chi connectivity index (χ0v) is 11.4. The van der Waals surface area contributed by atoms with Crippen molar-refractivity contribution < 1.29 is 19.1 Å². The maximum absolute atomic E-state index is 10.8. The molecule has 21 heavy (non-hydrogen) atoms. The molecule has 8 nitrogen and oxygen atoms in total. The van der Waals surface area contributed by atoms with Gasteiger partial charge in [0.15, 0.2) is 11.5 Å². The Bertz CT molecular complexity index is 653. The fraction of sp³-hybridized carbons (Fsp3) is 0.154. The van der Waals surface area contributed by atoms with Crippen LogP contribution < -0.4 is 19.9 Å². The van der Waals surface area contributed by atoms with E-state index in [-0.39, 0.29) is 23.1 Å². The van der Waals surface area contributed by atoms with Gasteiger partial charge in [-0.15, -0.1) is 0 Å². The smallest absolute Gasteiger partial charge is 0.278 e. The predicted octanol–water partition coefficient (Wildman–Crippen LogP) is 2.38. The molecule has 0 unspecified atom stereocenters. The van der Waals surface area contributed by atoms with Crippen LogP contribution in [0.2, 0.25) is 0 Å². The lowest BCUT2D eigenvalue weighted by molar-refractivity contribution is -0.384. The number of nitrogens with two attached hydrogens (primary N) is 1. The van der Waals surface area contributed by atoms with Crippen molar-refractivity contribution in [2.75, 3.05) is 20.0 Å². The van der Waals surface area contributed by atoms with Crippen LogP contribution in [0.1, 0.15) is 0 Å². The summed E-state index contributed by atoms with van der Waals surface area (Å²) in [4.78, 5) is 14.1. The normalized spacial score (nSPS) is 10.0. The molecule has 8 heteroatoms. The summed E-state index contributed by atoms with van der Waals surface area (Å²) in [5, 5.41) is 10.8. The monoisotopic (exact) mass is 291 g/mol. The van der Waals surface area contributed by atoms with E-state index in [9.17, 15) is 10.1 Å². The molecule has 1 aromatic heterocycles. The highest BCUT2D eigenvalue weighted by atomic mass is 16.6. The van der Waals surface area contributed by atoms with Crippen molar-refractivity contribution in [3.8, 4) is 23.1 Å². The summed E-state index contributed by atoms with van der Waals surface area (Å²) in [5.74, 6) is 1.02. The van der Waals surface area contributed by atoms with Crippen LogP contribution in [-0.2, 0) is 0 Å². The van der Waals surface area contributed by atoms with E-state index in [0.717, 1.165) is 6.07 Å². The molecule has 0 radical (unpaired) electrons. The van der Waals surface area contributed by atoms with Gasteiger partial charge in [-0.2, -0.15) is 4.98 Å². The largest absolute Gasteiger partial charge is 0.493 e. The first-order valence-electron chi connectivity index (χ1n) is 5.86. The second-order valence-electron chi connectivity index (χ2n) is 3.94. The minimum atomic E-state index is -0.579. The maximum Gasteiger partial charge on any atom is 0.278 e. The molecular formula is C13H13N3O5. The van der Waals surface area contributed by atoms with Gasteiger partial charge in [-0.05, 0) is 12.1 Å². The van der Waals surface area contributed by atoms with E-state index in [0.29, 0.717) is 11.5 Å². The number of pyridine rings is 1. The lowest BCUT2D eigenvalue weighted by Gasteiger charge is -2.13. The van der Waals surface area contributed by atoms with Crippen LogP contribution in [-0.4, -0.2) is 24.1 Å². The molecule has 0 aliphatic rings. The summed E-state index contributed by atoms with van der Waals surface area (Å²) in [5.41, 5.74) is 5.32. The summed E-state index contributed by atoms with van der Waals surface area (Å²) in [6, 6.07) is 7.37. The second-order valence-corrected chi connectivity index (χ2v) is 3.94. The zero-order valence-electron chi connectivity index (χ0n) is 11.4. The third-order valence-corrected chi connectivity index (χ3v) is 2.61. The summed E-state index contributed by atoms with van der Waals surface area (Å²) in [6.45, 7) is 0. The molecule has 0 saturated carbocycles. The van der Waals surface area contributed by atoms with Crippen LogP contribution in [0.3, 0.4) is 0 Å². The minimum absolute atomic E-state index is 0.0203. The van der Waals surface area contributed by atoms with Crippen molar-refractivity contribution in [2.24, 2.45) is 0 Å². The number of methoxy groups -OCH3 is 2. The number of anilines is 1. The second kappa shape index (κ2) is 5.95. The van der Waals surface area contributed by atoms with Gasteiger partial charge in [-0.25, -0.2) is 0 Å². The van der Waals surface area contributed by atoms with Gasteiger partial charge in [-0.3, -0.25) is 10.1 Å². The van der Waals surface area contributed by atoms with Crippen LogP contribution in [0.4, 0.5) is 11.5 Å². The molecule has 1 aromatic carbocycles. The predicted molar refractivity (Wildman–Crippen MR) is 74.9 cm³/mol. The van der Waals surface area contributed by atoms with Crippen molar-refractivity contribution in [3.05, 3.63) is 40.4 Å². The number of aromatic nitrogens is 1. The van der Waals surface area contributed by atoms with Gasteiger partial charge in [0.05, 0.1) is 31.3 Å². The molecule has 2 N–H and O–H groups in total. The average Bonchev–Trinajstić information content (AvgIpc) is 2.46. The number of para-hydroxylation sites is 1. The van der Waals surface area contributed by atoms with Crippen LogP contribution >= 0.6 is 0 Å². The van der Waals surface area contributed by atoms with Gasteiger partial charge in [-0.1, -0.05) is 6.07 Å². The number of benzene rings is 1. The molecule has 0 aliphatic heterocycles. The van der Waals surface area contributed by atoms with Crippen molar-refractivity contribution in [2.45, 2.75) is 0 Å². The van der Waals surface area contributed by atoms with E-state index in [1.165, 1.54) is 20.3 Å². The van der Waals surface area contributed by atoms with Gasteiger partial charge in [0.1, 0.15) is 5.82 Å². The van der Waals surface area contributed by atoms with Crippen LogP contribution in [0.5, 0.6) is 23.1 Å². The van der Waals surface area contributed by atoms with E-state index < -0.39 is 4.92 Å². The summed E-state index contributed by atoms with van der Waals surface area (Å²) >= 11 is 0. The fourth-order valence-corrected chi connectivity index (χ4v) is 1.69. The molecule has 2 aromatic rings. The van der Waals surface area contributed by atoms with Gasteiger partial charge in [0.2, 0.25) is 11.6 Å². The van der Waals surface area contributed by atoms with Crippen LogP contribution in [0.25, 0.3) is 0 Å². The van der Waals surface area contributed by atoms with Gasteiger partial charge in [0.25, 0.3) is 5.69 Å². The van der Waals surface area contributed by atoms with Crippen LogP contribution in [0.15, 0.2) is 30.3 Å². The SMILES string of the molecule is COc1cccc(OC)c1Oc1cc([N+](=O)[O-])cc(N)n1. The quantitative estimate of drug-likeness (QED) is 0.665. The molecule has 0 atom stereocenters. The first-order valence-corrected chi connectivity index (χ1v) is 5.86. The van der Waals surface area contributed by atoms with Gasteiger partial charge < -0.3 is 19.9 Å². The van der Waals surface area contributed by atoms with E-state index in [2.05, 4.69) is 4.98 Å². The standard InChI is InChI=1S/C13H13N3O5/c1-19-9-4-3-5-10(20-2)13(9)21-12-7-8(16(17)18)6-11(14)15-12/h3-7H,1-2H3,(H2,14,15). The molecular weight excluding hydrogens is 278 g/mol. The molecule has 2 rings (SSSR count). The maximum atomic E-state index is 10.8. The molecule has 0 amide bonds. The summed E-state index contributed by atoms with van der Waals surface area (Å²) < 4.78 is 15.9. The summed E-state index contributed by atoms with van der Waals surface area (Å²) in [6.07, 6.45) is 0. The lowest BCUT2D eigenvalue weighted by Crippen LogP contribution is -1.99. The molecule has 0 spiro atoms. The number of hydrogen-bond acceptors (Lipinski definition) is 7. The first kappa shape index (κ1) is 14.4. The van der Waals surface area contributed by atoms with Crippen molar-refractivity contribution >= 4 is 11.5 Å². The summed E-state index contributed by atoms with van der Waals surface area (Å²) in [7, 11) is 2.94. The van der Waals surface area contributed by atoms with E-state index >= 15 is 0 Å². The van der Waals surface area contributed by atoms with E-state index in [4.69, 9.17) is 19.9 Å². The minimum Gasteiger partial charge on any atom is -0.493 e. The fourth-order valence-electron chi connectivity index (χ4n) is 1.69. The number of ether oxygens (including phenoxy) is 3. The van der Waals surface area contributed by atoms with E-state index in [1.54, 1.807) is 18.2 Å². The molecule has 0 saturated heterocycles. The third-order valence-electron chi connectivity index (χ3n) is 2.61. The highest BCUT2D eigenvalue weighted by Gasteiger charge is 2.16. The molecule has 0 bridgehead atoms. The number of nitro groups is 1. The Morgan fingerprint density at radius 3 is 2.33 bits per heavy atom. The Labute approximate surface area is 120 Å². The Kier molecular flexibility index (Phi) is 4.07. The highest BCUT2D eigenvalue weighted by molar-refractivity contribution is 5.54. The van der Waals surface area contributed by atoms with Gasteiger partial charge >= 0.3 is 0 Å². The Hall–Kier alpha value is -3.03. The number of rotatable bonds is 5. The highest BCUT2D eigenvalue weighted by Crippen LogP contribution is 2.40. The topological polar surface area (TPSA) is 110 Å².